The first-order valence-electron chi connectivity index (χ1n) is 8.48. The van der Waals surface area contributed by atoms with Crippen LogP contribution in [0.4, 0.5) is 13.2 Å². The molecule has 4 heteroatoms. The van der Waals surface area contributed by atoms with Gasteiger partial charge in [-0.25, -0.2) is 0 Å². The third-order valence-corrected chi connectivity index (χ3v) is 4.42. The zero-order valence-corrected chi connectivity index (χ0v) is 14.4. The predicted octanol–water partition coefficient (Wildman–Crippen LogP) is 6.15. The van der Waals surface area contributed by atoms with Crippen LogP contribution in [0.25, 0.3) is 0 Å². The molecule has 3 aromatic rings. The monoisotopic (exact) mass is 355 g/mol. The van der Waals surface area contributed by atoms with Crippen LogP contribution in [0, 0.1) is 0 Å². The Bertz CT molecular complexity index is 772. The molecule has 1 N–H and O–H groups in total. The van der Waals surface area contributed by atoms with Gasteiger partial charge in [-0.05, 0) is 35.7 Å². The molecule has 0 aromatic heterocycles. The summed E-state index contributed by atoms with van der Waals surface area (Å²) >= 11 is 0. The Morgan fingerprint density at radius 1 is 0.654 bits per heavy atom. The maximum Gasteiger partial charge on any atom is 0.416 e. The molecule has 1 unspecified atom stereocenters. The van der Waals surface area contributed by atoms with Gasteiger partial charge >= 0.3 is 6.18 Å². The topological polar surface area (TPSA) is 12.0 Å². The van der Waals surface area contributed by atoms with Crippen molar-refractivity contribution in [3.8, 4) is 0 Å². The third-order valence-electron chi connectivity index (χ3n) is 4.42. The normalized spacial score (nSPS) is 13.0. The summed E-state index contributed by atoms with van der Waals surface area (Å²) in [4.78, 5) is 0. The molecule has 0 heterocycles. The van der Waals surface area contributed by atoms with E-state index in [-0.39, 0.29) is 12.1 Å². The Balaban J connectivity index is 1.85. The molecule has 3 aromatic carbocycles. The van der Waals surface area contributed by atoms with Crippen LogP contribution in [0.15, 0.2) is 84.9 Å². The minimum atomic E-state index is -4.31. The van der Waals surface area contributed by atoms with Crippen LogP contribution >= 0.6 is 0 Å². The lowest BCUT2D eigenvalue weighted by molar-refractivity contribution is -0.137. The van der Waals surface area contributed by atoms with Crippen LogP contribution in [-0.4, -0.2) is 0 Å². The van der Waals surface area contributed by atoms with E-state index in [1.165, 1.54) is 12.1 Å². The first-order chi connectivity index (χ1) is 12.4. The lowest BCUT2D eigenvalue weighted by Crippen LogP contribution is -2.25. The highest BCUT2D eigenvalue weighted by Gasteiger charge is 2.30. The van der Waals surface area contributed by atoms with Crippen LogP contribution in [-0.2, 0) is 6.18 Å². The molecule has 0 aliphatic heterocycles. The second-order valence-corrected chi connectivity index (χ2v) is 6.26. The fourth-order valence-electron chi connectivity index (χ4n) is 2.98. The largest absolute Gasteiger partial charge is 0.416 e. The summed E-state index contributed by atoms with van der Waals surface area (Å²) in [5, 5.41) is 3.54. The maximum absolute atomic E-state index is 12.8. The molecule has 0 aliphatic rings. The van der Waals surface area contributed by atoms with E-state index in [0.717, 1.165) is 28.8 Å². The molecule has 0 bridgehead atoms. The van der Waals surface area contributed by atoms with Crippen molar-refractivity contribution in [3.05, 3.63) is 107 Å². The standard InChI is InChI=1S/C22H20F3N/c1-16(17-12-14-20(15-13-17)22(23,24)25)26-21(18-8-4-2-5-9-18)19-10-6-3-7-11-19/h2-16,21,26H,1H3. The van der Waals surface area contributed by atoms with Crippen molar-refractivity contribution in [2.75, 3.05) is 0 Å². The predicted molar refractivity (Wildman–Crippen MR) is 97.7 cm³/mol. The first kappa shape index (κ1) is 18.2. The second kappa shape index (κ2) is 7.75. The fraction of sp³-hybridized carbons (Fsp3) is 0.182. The molecule has 0 fully saturated rings. The van der Waals surface area contributed by atoms with Crippen LogP contribution in [0.5, 0.6) is 0 Å². The average Bonchev–Trinajstić information content (AvgIpc) is 2.67. The van der Waals surface area contributed by atoms with E-state index in [1.807, 2.05) is 67.6 Å². The Morgan fingerprint density at radius 3 is 1.54 bits per heavy atom. The molecule has 1 nitrogen and oxygen atoms in total. The Morgan fingerprint density at radius 2 is 1.12 bits per heavy atom. The van der Waals surface area contributed by atoms with Crippen molar-refractivity contribution >= 4 is 0 Å². The van der Waals surface area contributed by atoms with Gasteiger partial charge in [0.2, 0.25) is 0 Å². The zero-order chi connectivity index (χ0) is 18.6. The Hall–Kier alpha value is -2.59. The number of nitrogens with one attached hydrogen (secondary N) is 1. The van der Waals surface area contributed by atoms with Crippen LogP contribution in [0.2, 0.25) is 0 Å². The van der Waals surface area contributed by atoms with Gasteiger partial charge in [-0.1, -0.05) is 72.8 Å². The molecule has 3 rings (SSSR count). The molecule has 0 saturated heterocycles. The summed E-state index contributed by atoms with van der Waals surface area (Å²) in [6.45, 7) is 1.96. The zero-order valence-electron chi connectivity index (χ0n) is 14.4. The van der Waals surface area contributed by atoms with Gasteiger partial charge < -0.3 is 0 Å². The van der Waals surface area contributed by atoms with Gasteiger partial charge in [-0.2, -0.15) is 13.2 Å². The van der Waals surface area contributed by atoms with E-state index in [4.69, 9.17) is 0 Å². The van der Waals surface area contributed by atoms with E-state index >= 15 is 0 Å². The van der Waals surface area contributed by atoms with Crippen molar-refractivity contribution in [3.63, 3.8) is 0 Å². The van der Waals surface area contributed by atoms with Gasteiger partial charge in [0.05, 0.1) is 11.6 Å². The first-order valence-corrected chi connectivity index (χ1v) is 8.48. The van der Waals surface area contributed by atoms with E-state index in [0.29, 0.717) is 0 Å². The van der Waals surface area contributed by atoms with E-state index in [2.05, 4.69) is 5.32 Å². The molecule has 0 radical (unpaired) electrons. The molecule has 0 saturated carbocycles. The van der Waals surface area contributed by atoms with Crippen LogP contribution in [0.3, 0.4) is 0 Å². The summed E-state index contributed by atoms with van der Waals surface area (Å²) in [5.41, 5.74) is 2.40. The molecule has 0 spiro atoms. The minimum Gasteiger partial charge on any atom is -0.300 e. The highest BCUT2D eigenvalue weighted by Crippen LogP contribution is 2.31. The summed E-state index contributed by atoms with van der Waals surface area (Å²) in [5.74, 6) is 0. The highest BCUT2D eigenvalue weighted by molar-refractivity contribution is 5.33. The number of alkyl halides is 3. The SMILES string of the molecule is CC(NC(c1ccccc1)c1ccccc1)c1ccc(C(F)(F)F)cc1. The molecule has 134 valence electrons. The Labute approximate surface area is 151 Å². The molecular weight excluding hydrogens is 335 g/mol. The number of benzene rings is 3. The quantitative estimate of drug-likeness (QED) is 0.579. The van der Waals surface area contributed by atoms with E-state index < -0.39 is 11.7 Å². The fourth-order valence-corrected chi connectivity index (χ4v) is 2.98. The van der Waals surface area contributed by atoms with Crippen molar-refractivity contribution in [2.24, 2.45) is 0 Å². The summed E-state index contributed by atoms with van der Waals surface area (Å²) < 4.78 is 38.3. The molecule has 0 amide bonds. The van der Waals surface area contributed by atoms with Gasteiger partial charge in [0.1, 0.15) is 0 Å². The average molecular weight is 355 g/mol. The van der Waals surface area contributed by atoms with Crippen molar-refractivity contribution in [1.82, 2.24) is 5.32 Å². The molecule has 26 heavy (non-hydrogen) atoms. The van der Waals surface area contributed by atoms with Crippen molar-refractivity contribution in [1.29, 1.82) is 0 Å². The molecular formula is C22H20F3N. The smallest absolute Gasteiger partial charge is 0.300 e. The van der Waals surface area contributed by atoms with Crippen molar-refractivity contribution < 1.29 is 13.2 Å². The summed E-state index contributed by atoms with van der Waals surface area (Å²) in [6, 6.07) is 25.2. The minimum absolute atomic E-state index is 0.0466. The van der Waals surface area contributed by atoms with Gasteiger partial charge in [0.25, 0.3) is 0 Å². The molecule has 0 aliphatic carbocycles. The van der Waals surface area contributed by atoms with Gasteiger partial charge in [0, 0.05) is 6.04 Å². The lowest BCUT2D eigenvalue weighted by atomic mass is 9.96. The van der Waals surface area contributed by atoms with Crippen LogP contribution in [0.1, 0.15) is 41.3 Å². The third kappa shape index (κ3) is 4.33. The second-order valence-electron chi connectivity index (χ2n) is 6.26. The van der Waals surface area contributed by atoms with Gasteiger partial charge in [0.15, 0.2) is 0 Å². The number of hydrogen-bond acceptors (Lipinski definition) is 1. The maximum atomic E-state index is 12.8. The van der Waals surface area contributed by atoms with Gasteiger partial charge in [-0.3, -0.25) is 5.32 Å². The lowest BCUT2D eigenvalue weighted by Gasteiger charge is -2.25. The van der Waals surface area contributed by atoms with E-state index in [9.17, 15) is 13.2 Å². The Kier molecular flexibility index (Phi) is 5.43. The van der Waals surface area contributed by atoms with E-state index in [1.54, 1.807) is 0 Å². The summed E-state index contributed by atoms with van der Waals surface area (Å²) in [6.07, 6.45) is -4.31. The van der Waals surface area contributed by atoms with Gasteiger partial charge in [-0.15, -0.1) is 0 Å². The van der Waals surface area contributed by atoms with Crippen LogP contribution < -0.4 is 5.32 Å². The number of hydrogen-bond donors (Lipinski definition) is 1. The van der Waals surface area contributed by atoms with Crippen molar-refractivity contribution in [2.45, 2.75) is 25.2 Å². The number of halogens is 3. The summed E-state index contributed by atoms with van der Waals surface area (Å²) in [7, 11) is 0. The number of rotatable bonds is 5. The molecule has 1 atom stereocenters. The highest BCUT2D eigenvalue weighted by atomic mass is 19.4.